The minimum atomic E-state index is -0.401. The van der Waals surface area contributed by atoms with Gasteiger partial charge in [0.15, 0.2) is 0 Å². The highest BCUT2D eigenvalue weighted by molar-refractivity contribution is 7.71. The molecule has 2 aromatic rings. The van der Waals surface area contributed by atoms with Crippen molar-refractivity contribution in [2.45, 2.75) is 6.92 Å². The number of ether oxygens (including phenoxy) is 1. The lowest BCUT2D eigenvalue weighted by molar-refractivity contribution is -0.131. The molecule has 0 aliphatic rings. The summed E-state index contributed by atoms with van der Waals surface area (Å²) in [4.78, 5) is 11.1. The van der Waals surface area contributed by atoms with Gasteiger partial charge >= 0.3 is 5.97 Å². The van der Waals surface area contributed by atoms with Gasteiger partial charge in [0.25, 0.3) is 4.84 Å². The SMILES string of the molecule is CC(=O)Oc1ccccc1-c1n[nH]c(=S)o1. The molecule has 5 nitrogen and oxygen atoms in total. The van der Waals surface area contributed by atoms with Crippen molar-refractivity contribution in [1.82, 2.24) is 10.2 Å². The molecule has 6 heteroatoms. The minimum absolute atomic E-state index is 0.174. The Bertz CT molecular complexity index is 573. The Morgan fingerprint density at radius 2 is 2.25 bits per heavy atom. The molecule has 2 rings (SSSR count). The molecule has 0 amide bonds. The first-order valence-electron chi connectivity index (χ1n) is 4.50. The van der Waals surface area contributed by atoms with Crippen LogP contribution in [0, 0.1) is 4.84 Å². The average molecular weight is 236 g/mol. The number of benzene rings is 1. The molecule has 1 N–H and O–H groups in total. The van der Waals surface area contributed by atoms with E-state index in [1.165, 1.54) is 6.92 Å². The van der Waals surface area contributed by atoms with Crippen LogP contribution in [0.4, 0.5) is 0 Å². The van der Waals surface area contributed by atoms with Crippen LogP contribution in [0.15, 0.2) is 28.7 Å². The lowest BCUT2D eigenvalue weighted by Crippen LogP contribution is -2.02. The van der Waals surface area contributed by atoms with Crippen LogP contribution in [-0.4, -0.2) is 16.2 Å². The Hall–Kier alpha value is -1.95. The zero-order valence-corrected chi connectivity index (χ0v) is 9.21. The fraction of sp³-hybridized carbons (Fsp3) is 0.100. The second-order valence-electron chi connectivity index (χ2n) is 3.01. The molecule has 0 radical (unpaired) electrons. The van der Waals surface area contributed by atoms with Crippen LogP contribution < -0.4 is 4.74 Å². The van der Waals surface area contributed by atoms with Gasteiger partial charge in [0.05, 0.1) is 5.56 Å². The van der Waals surface area contributed by atoms with Gasteiger partial charge in [-0.15, -0.1) is 5.10 Å². The van der Waals surface area contributed by atoms with Crippen molar-refractivity contribution < 1.29 is 13.9 Å². The number of para-hydroxylation sites is 1. The maximum Gasteiger partial charge on any atom is 0.308 e. The molecule has 0 unspecified atom stereocenters. The predicted molar refractivity (Wildman–Crippen MR) is 58.4 cm³/mol. The summed E-state index contributed by atoms with van der Waals surface area (Å²) in [6, 6.07) is 6.93. The smallest absolute Gasteiger partial charge is 0.308 e. The molecule has 0 bridgehead atoms. The van der Waals surface area contributed by atoms with Crippen LogP contribution in [0.3, 0.4) is 0 Å². The molecular weight excluding hydrogens is 228 g/mol. The summed E-state index contributed by atoms with van der Waals surface area (Å²) in [5, 5.41) is 6.37. The van der Waals surface area contributed by atoms with E-state index in [1.54, 1.807) is 24.3 Å². The number of rotatable bonds is 2. The second kappa shape index (κ2) is 4.28. The van der Waals surface area contributed by atoms with E-state index in [0.29, 0.717) is 17.2 Å². The van der Waals surface area contributed by atoms with Gasteiger partial charge in [-0.1, -0.05) is 12.1 Å². The van der Waals surface area contributed by atoms with Crippen LogP contribution in [0.5, 0.6) is 5.75 Å². The molecule has 0 fully saturated rings. The first-order valence-corrected chi connectivity index (χ1v) is 4.91. The van der Waals surface area contributed by atoms with E-state index < -0.39 is 5.97 Å². The van der Waals surface area contributed by atoms with Crippen molar-refractivity contribution in [3.63, 3.8) is 0 Å². The number of nitrogens with zero attached hydrogens (tertiary/aromatic N) is 1. The third-order valence-electron chi connectivity index (χ3n) is 1.81. The van der Waals surface area contributed by atoms with Crippen LogP contribution in [-0.2, 0) is 4.79 Å². The van der Waals surface area contributed by atoms with Crippen molar-refractivity contribution in [2.24, 2.45) is 0 Å². The predicted octanol–water partition coefficient (Wildman–Crippen LogP) is 2.32. The van der Waals surface area contributed by atoms with Crippen molar-refractivity contribution in [3.8, 4) is 17.2 Å². The summed E-state index contributed by atoms with van der Waals surface area (Å²) in [6.07, 6.45) is 0. The van der Waals surface area contributed by atoms with Crippen LogP contribution in [0.1, 0.15) is 6.92 Å². The van der Waals surface area contributed by atoms with Crippen LogP contribution in [0.25, 0.3) is 11.5 Å². The second-order valence-corrected chi connectivity index (χ2v) is 3.38. The number of H-pyrrole nitrogens is 1. The lowest BCUT2D eigenvalue weighted by atomic mass is 10.2. The summed E-state index contributed by atoms with van der Waals surface area (Å²) >= 11 is 4.77. The standard InChI is InChI=1S/C10H8N2O3S/c1-6(13)14-8-5-3-2-4-7(8)9-11-12-10(16)15-9/h2-5H,1H3,(H,12,16). The van der Waals surface area contributed by atoms with Gasteiger partial charge in [-0.2, -0.15) is 0 Å². The number of aromatic nitrogens is 2. The first kappa shape index (κ1) is 10.6. The number of hydrogen-bond donors (Lipinski definition) is 1. The Morgan fingerprint density at radius 1 is 1.50 bits per heavy atom. The van der Waals surface area contributed by atoms with Crippen molar-refractivity contribution >= 4 is 18.2 Å². The number of esters is 1. The van der Waals surface area contributed by atoms with Gasteiger partial charge in [0.2, 0.25) is 5.89 Å². The van der Waals surface area contributed by atoms with Crippen molar-refractivity contribution in [1.29, 1.82) is 0 Å². The zero-order valence-electron chi connectivity index (χ0n) is 8.39. The Morgan fingerprint density at radius 3 is 2.88 bits per heavy atom. The van der Waals surface area contributed by atoms with Crippen LogP contribution in [0.2, 0.25) is 0 Å². The van der Waals surface area contributed by atoms with Gasteiger partial charge in [0.1, 0.15) is 5.75 Å². The van der Waals surface area contributed by atoms with E-state index in [1.807, 2.05) is 0 Å². The summed E-state index contributed by atoms with van der Waals surface area (Å²) in [5.74, 6) is 0.281. The van der Waals surface area contributed by atoms with E-state index in [2.05, 4.69) is 10.2 Å². The molecule has 0 aliphatic heterocycles. The van der Waals surface area contributed by atoms with Crippen molar-refractivity contribution in [2.75, 3.05) is 0 Å². The molecule has 0 spiro atoms. The summed E-state index contributed by atoms with van der Waals surface area (Å²) in [7, 11) is 0. The van der Waals surface area contributed by atoms with Crippen LogP contribution >= 0.6 is 12.2 Å². The summed E-state index contributed by atoms with van der Waals surface area (Å²) < 4.78 is 10.2. The Labute approximate surface area is 96.1 Å². The topological polar surface area (TPSA) is 68.1 Å². The highest BCUT2D eigenvalue weighted by Crippen LogP contribution is 2.28. The van der Waals surface area contributed by atoms with Gasteiger partial charge in [-0.25, -0.2) is 5.10 Å². The summed E-state index contributed by atoms with van der Waals surface area (Å²) in [5.41, 5.74) is 0.574. The largest absolute Gasteiger partial charge is 0.426 e. The number of carbonyl (C=O) groups is 1. The van der Waals surface area contributed by atoms with Gasteiger partial charge in [0, 0.05) is 6.92 Å². The average Bonchev–Trinajstić information content (AvgIpc) is 2.65. The molecular formula is C10H8N2O3S. The number of carbonyl (C=O) groups excluding carboxylic acids is 1. The molecule has 0 atom stereocenters. The number of hydrogen-bond acceptors (Lipinski definition) is 5. The third kappa shape index (κ3) is 2.17. The molecule has 0 aliphatic carbocycles. The van der Waals surface area contributed by atoms with E-state index in [0.717, 1.165) is 0 Å². The Kier molecular flexibility index (Phi) is 2.82. The molecule has 82 valence electrons. The van der Waals surface area contributed by atoms with Crippen molar-refractivity contribution in [3.05, 3.63) is 29.1 Å². The molecule has 1 aromatic heterocycles. The normalized spacial score (nSPS) is 10.1. The fourth-order valence-corrected chi connectivity index (χ4v) is 1.36. The van der Waals surface area contributed by atoms with E-state index in [4.69, 9.17) is 21.4 Å². The third-order valence-corrected chi connectivity index (χ3v) is 1.98. The monoisotopic (exact) mass is 236 g/mol. The maximum atomic E-state index is 10.9. The maximum absolute atomic E-state index is 10.9. The fourth-order valence-electron chi connectivity index (χ4n) is 1.23. The molecule has 1 heterocycles. The van der Waals surface area contributed by atoms with E-state index >= 15 is 0 Å². The van der Waals surface area contributed by atoms with E-state index in [-0.39, 0.29) is 4.84 Å². The molecule has 1 aromatic carbocycles. The first-order chi connectivity index (χ1) is 7.66. The quantitative estimate of drug-likeness (QED) is 0.492. The number of aromatic amines is 1. The lowest BCUT2D eigenvalue weighted by Gasteiger charge is -2.04. The summed E-state index contributed by atoms with van der Waals surface area (Å²) in [6.45, 7) is 1.33. The van der Waals surface area contributed by atoms with Gasteiger partial charge < -0.3 is 9.15 Å². The van der Waals surface area contributed by atoms with Gasteiger partial charge in [-0.3, -0.25) is 4.79 Å². The molecule has 0 saturated carbocycles. The van der Waals surface area contributed by atoms with Gasteiger partial charge in [-0.05, 0) is 24.4 Å². The highest BCUT2D eigenvalue weighted by atomic mass is 32.1. The Balaban J connectivity index is 2.47. The number of nitrogens with one attached hydrogen (secondary N) is 1. The van der Waals surface area contributed by atoms with E-state index in [9.17, 15) is 4.79 Å². The molecule has 0 saturated heterocycles. The minimum Gasteiger partial charge on any atom is -0.426 e. The molecule has 16 heavy (non-hydrogen) atoms. The highest BCUT2D eigenvalue weighted by Gasteiger charge is 2.11. The zero-order chi connectivity index (χ0) is 11.5.